The van der Waals surface area contributed by atoms with E-state index in [9.17, 15) is 0 Å². The Hall–Kier alpha value is -6.84. The van der Waals surface area contributed by atoms with Crippen molar-refractivity contribution in [3.63, 3.8) is 0 Å². The molecule has 0 spiro atoms. The number of hydrogen-bond donors (Lipinski definition) is 0. The third kappa shape index (κ3) is 4.48. The molecule has 11 rings (SSSR count). The van der Waals surface area contributed by atoms with E-state index >= 15 is 0 Å². The molecule has 3 heteroatoms. The molecule has 0 saturated heterocycles. The molecule has 0 aliphatic heterocycles. The maximum absolute atomic E-state index is 6.53. The van der Waals surface area contributed by atoms with E-state index in [4.69, 9.17) is 8.83 Å². The van der Waals surface area contributed by atoms with Crippen molar-refractivity contribution in [2.24, 2.45) is 0 Å². The van der Waals surface area contributed by atoms with Crippen LogP contribution in [0.3, 0.4) is 0 Å². The SMILES string of the molecule is CC1(C)c2ccccc2-c2c(-c3ccccc3N(c3cccc(-c4cccc5c4oc4ccccc45)c3)c3ccc4oc5ccccc5c4c3)cccc21. The summed E-state index contributed by atoms with van der Waals surface area (Å²) >= 11 is 0. The second-order valence-electron chi connectivity index (χ2n) is 14.9. The molecule has 3 nitrogen and oxygen atoms in total. The minimum absolute atomic E-state index is 0.101. The summed E-state index contributed by atoms with van der Waals surface area (Å²) in [6.45, 7) is 4.69. The highest BCUT2D eigenvalue weighted by Crippen LogP contribution is 2.54. The number of nitrogens with zero attached hydrogens (tertiary/aromatic N) is 1. The summed E-state index contributed by atoms with van der Waals surface area (Å²) in [4.78, 5) is 2.41. The smallest absolute Gasteiger partial charge is 0.143 e. The number of fused-ring (bicyclic) bond motifs is 9. The van der Waals surface area contributed by atoms with Gasteiger partial charge >= 0.3 is 0 Å². The number of hydrogen-bond acceptors (Lipinski definition) is 3. The minimum Gasteiger partial charge on any atom is -0.456 e. The van der Waals surface area contributed by atoms with Gasteiger partial charge in [-0.2, -0.15) is 0 Å². The van der Waals surface area contributed by atoms with Gasteiger partial charge in [0.1, 0.15) is 22.3 Å². The van der Waals surface area contributed by atoms with Crippen molar-refractivity contribution in [1.29, 1.82) is 0 Å². The summed E-state index contributed by atoms with van der Waals surface area (Å²) in [5, 5.41) is 4.44. The highest BCUT2D eigenvalue weighted by atomic mass is 16.3. The zero-order valence-electron chi connectivity index (χ0n) is 30.0. The van der Waals surface area contributed by atoms with Crippen LogP contribution in [0, 0.1) is 0 Å². The van der Waals surface area contributed by atoms with Gasteiger partial charge in [-0.15, -0.1) is 0 Å². The first-order chi connectivity index (χ1) is 26.5. The van der Waals surface area contributed by atoms with Crippen LogP contribution in [-0.4, -0.2) is 0 Å². The van der Waals surface area contributed by atoms with E-state index in [1.54, 1.807) is 0 Å². The molecule has 0 N–H and O–H groups in total. The fourth-order valence-corrected chi connectivity index (χ4v) is 8.94. The zero-order chi connectivity index (χ0) is 36.0. The molecule has 0 atom stereocenters. The van der Waals surface area contributed by atoms with Gasteiger partial charge in [-0.25, -0.2) is 0 Å². The van der Waals surface area contributed by atoms with Crippen molar-refractivity contribution < 1.29 is 8.83 Å². The number of para-hydroxylation sites is 4. The van der Waals surface area contributed by atoms with Gasteiger partial charge in [0.25, 0.3) is 0 Å². The van der Waals surface area contributed by atoms with Crippen LogP contribution in [0.4, 0.5) is 17.1 Å². The molecular formula is C51H35NO2. The molecule has 0 radical (unpaired) electrons. The first kappa shape index (κ1) is 30.8. The molecule has 256 valence electrons. The third-order valence-electron chi connectivity index (χ3n) is 11.5. The second-order valence-corrected chi connectivity index (χ2v) is 14.9. The molecule has 8 aromatic carbocycles. The average molecular weight is 694 g/mol. The lowest BCUT2D eigenvalue weighted by Gasteiger charge is -2.29. The number of rotatable bonds is 5. The van der Waals surface area contributed by atoms with E-state index in [2.05, 4.69) is 170 Å². The Balaban J connectivity index is 1.16. The van der Waals surface area contributed by atoms with E-state index in [1.807, 2.05) is 24.3 Å². The summed E-state index contributed by atoms with van der Waals surface area (Å²) < 4.78 is 12.8. The lowest BCUT2D eigenvalue weighted by atomic mass is 9.82. The fourth-order valence-electron chi connectivity index (χ4n) is 8.94. The molecule has 2 heterocycles. The van der Waals surface area contributed by atoms with Crippen molar-refractivity contribution in [2.75, 3.05) is 4.90 Å². The summed E-state index contributed by atoms with van der Waals surface area (Å²) in [7, 11) is 0. The van der Waals surface area contributed by atoms with Gasteiger partial charge in [-0.1, -0.05) is 141 Å². The minimum atomic E-state index is -0.101. The molecule has 10 aromatic rings. The Morgan fingerprint density at radius 2 is 1.00 bits per heavy atom. The molecule has 1 aliphatic rings. The van der Waals surface area contributed by atoms with Crippen molar-refractivity contribution >= 4 is 60.9 Å². The Bertz CT molecular complexity index is 3100. The van der Waals surface area contributed by atoms with Crippen LogP contribution in [0.25, 0.3) is 77.3 Å². The van der Waals surface area contributed by atoms with Crippen molar-refractivity contribution in [3.8, 4) is 33.4 Å². The van der Waals surface area contributed by atoms with Crippen LogP contribution in [0.1, 0.15) is 25.0 Å². The van der Waals surface area contributed by atoms with Crippen LogP contribution in [-0.2, 0) is 5.41 Å². The summed E-state index contributed by atoms with van der Waals surface area (Å²) in [5.41, 5.74) is 16.5. The van der Waals surface area contributed by atoms with E-state index in [1.165, 1.54) is 33.4 Å². The fraction of sp³-hybridized carbons (Fsp3) is 0.0588. The highest BCUT2D eigenvalue weighted by Gasteiger charge is 2.37. The van der Waals surface area contributed by atoms with Gasteiger partial charge in [0.05, 0.1) is 5.69 Å². The van der Waals surface area contributed by atoms with E-state index < -0.39 is 0 Å². The molecule has 2 aromatic heterocycles. The van der Waals surface area contributed by atoms with Crippen LogP contribution < -0.4 is 4.90 Å². The van der Waals surface area contributed by atoms with Crippen LogP contribution in [0.2, 0.25) is 0 Å². The maximum atomic E-state index is 6.53. The average Bonchev–Trinajstić information content (AvgIpc) is 3.86. The van der Waals surface area contributed by atoms with Gasteiger partial charge < -0.3 is 13.7 Å². The number of benzene rings is 8. The van der Waals surface area contributed by atoms with Gasteiger partial charge in [0.15, 0.2) is 0 Å². The largest absolute Gasteiger partial charge is 0.456 e. The Labute approximate surface area is 313 Å². The van der Waals surface area contributed by atoms with Gasteiger partial charge in [0.2, 0.25) is 0 Å². The standard InChI is InChI=1S/C51H35NO2/c1-51(2)43-23-7-3-19-41(43)49-39(21-13-24-44(49)51)36-16-4-8-25-45(36)52(34-28-29-48-42(31-34)38-18-6-9-26-46(38)53-48)33-15-11-14-32(30-33)35-20-12-22-40-37-17-5-10-27-47(37)54-50(35)40/h3-31H,1-2H3. The molecule has 0 unspecified atom stereocenters. The molecule has 0 amide bonds. The Morgan fingerprint density at radius 3 is 1.87 bits per heavy atom. The lowest BCUT2D eigenvalue weighted by molar-refractivity contribution is 0.660. The van der Waals surface area contributed by atoms with Gasteiger partial charge in [-0.05, 0) is 81.9 Å². The first-order valence-electron chi connectivity index (χ1n) is 18.6. The monoisotopic (exact) mass is 693 g/mol. The second kappa shape index (κ2) is 11.6. The molecule has 54 heavy (non-hydrogen) atoms. The topological polar surface area (TPSA) is 29.5 Å². The first-order valence-corrected chi connectivity index (χ1v) is 18.6. The Kier molecular flexibility index (Phi) is 6.60. The lowest BCUT2D eigenvalue weighted by Crippen LogP contribution is -2.14. The predicted molar refractivity (Wildman–Crippen MR) is 224 cm³/mol. The van der Waals surface area contributed by atoms with Crippen molar-refractivity contribution in [3.05, 3.63) is 187 Å². The van der Waals surface area contributed by atoms with E-state index in [-0.39, 0.29) is 5.41 Å². The van der Waals surface area contributed by atoms with Gasteiger partial charge in [-0.3, -0.25) is 0 Å². The van der Waals surface area contributed by atoms with Crippen LogP contribution in [0.15, 0.2) is 185 Å². The number of anilines is 3. The number of furan rings is 2. The molecule has 0 bridgehead atoms. The van der Waals surface area contributed by atoms with Crippen molar-refractivity contribution in [1.82, 2.24) is 0 Å². The van der Waals surface area contributed by atoms with E-state index in [0.717, 1.165) is 72.1 Å². The highest BCUT2D eigenvalue weighted by molar-refractivity contribution is 6.10. The summed E-state index contributed by atoms with van der Waals surface area (Å²) in [6.07, 6.45) is 0. The predicted octanol–water partition coefficient (Wildman–Crippen LogP) is 14.6. The third-order valence-corrected chi connectivity index (χ3v) is 11.5. The Morgan fingerprint density at radius 1 is 0.407 bits per heavy atom. The summed E-state index contributed by atoms with van der Waals surface area (Å²) in [5.74, 6) is 0. The van der Waals surface area contributed by atoms with E-state index in [0.29, 0.717) is 0 Å². The molecule has 0 fully saturated rings. The van der Waals surface area contributed by atoms with Crippen LogP contribution >= 0.6 is 0 Å². The van der Waals surface area contributed by atoms with Crippen molar-refractivity contribution in [2.45, 2.75) is 19.3 Å². The van der Waals surface area contributed by atoms with Gasteiger partial charge in [0, 0.05) is 49.5 Å². The summed E-state index contributed by atoms with van der Waals surface area (Å²) in [6, 6.07) is 63.0. The van der Waals surface area contributed by atoms with Crippen LogP contribution in [0.5, 0.6) is 0 Å². The quantitative estimate of drug-likeness (QED) is 0.180. The normalized spacial score (nSPS) is 13.1. The molecule has 1 aliphatic carbocycles. The molecule has 0 saturated carbocycles. The molecular weight excluding hydrogens is 659 g/mol. The zero-order valence-corrected chi connectivity index (χ0v) is 30.0. The maximum Gasteiger partial charge on any atom is 0.143 e.